The van der Waals surface area contributed by atoms with Gasteiger partial charge in [0.15, 0.2) is 5.65 Å². The fourth-order valence-electron chi connectivity index (χ4n) is 2.48. The zero-order chi connectivity index (χ0) is 16.8. The molecule has 23 heavy (non-hydrogen) atoms. The number of anilines is 1. The molecule has 0 bridgehead atoms. The minimum absolute atomic E-state index is 0.213. The molecule has 0 unspecified atom stereocenters. The van der Waals surface area contributed by atoms with Crippen LogP contribution in [0.25, 0.3) is 11.0 Å². The number of hydrogen-bond acceptors (Lipinski definition) is 4. The molecule has 120 valence electrons. The lowest BCUT2D eigenvalue weighted by atomic mass is 10.1. The van der Waals surface area contributed by atoms with Gasteiger partial charge in [0.05, 0.1) is 26.7 Å². The smallest absolute Gasteiger partial charge is 0.164 e. The molecule has 0 aliphatic heterocycles. The fourth-order valence-corrected chi connectivity index (χ4v) is 2.80. The predicted molar refractivity (Wildman–Crippen MR) is 94.0 cm³/mol. The molecular formula is C16H17Cl2N5. The first-order valence-corrected chi connectivity index (χ1v) is 7.95. The summed E-state index contributed by atoms with van der Waals surface area (Å²) in [6.07, 6.45) is 2.04. The lowest BCUT2D eigenvalue weighted by Gasteiger charge is -2.19. The van der Waals surface area contributed by atoms with Crippen molar-refractivity contribution in [1.29, 1.82) is 0 Å². The summed E-state index contributed by atoms with van der Waals surface area (Å²) in [4.78, 5) is 8.47. The van der Waals surface area contributed by atoms with E-state index in [0.717, 1.165) is 22.3 Å². The van der Waals surface area contributed by atoms with Crippen molar-refractivity contribution in [2.24, 2.45) is 0 Å². The molecule has 3 aromatic rings. The van der Waals surface area contributed by atoms with E-state index in [2.05, 4.69) is 30.7 Å². The van der Waals surface area contributed by atoms with Crippen molar-refractivity contribution >= 4 is 40.1 Å². The van der Waals surface area contributed by atoms with Gasteiger partial charge in [-0.1, -0.05) is 29.3 Å². The number of benzene rings is 1. The van der Waals surface area contributed by atoms with Gasteiger partial charge >= 0.3 is 0 Å². The summed E-state index contributed by atoms with van der Waals surface area (Å²) < 4.78 is 1.88. The summed E-state index contributed by atoms with van der Waals surface area (Å²) in [5.74, 6) is 0.431. The zero-order valence-corrected chi connectivity index (χ0v) is 14.7. The van der Waals surface area contributed by atoms with Crippen molar-refractivity contribution in [3.63, 3.8) is 0 Å². The lowest BCUT2D eigenvalue weighted by Crippen LogP contribution is -2.23. The monoisotopic (exact) mass is 349 g/mol. The zero-order valence-electron chi connectivity index (χ0n) is 13.1. The third-order valence-corrected chi connectivity index (χ3v) is 4.30. The highest BCUT2D eigenvalue weighted by Gasteiger charge is 2.23. The van der Waals surface area contributed by atoms with Crippen molar-refractivity contribution in [2.75, 3.05) is 5.73 Å². The number of fused-ring (bicyclic) bond motifs is 1. The van der Waals surface area contributed by atoms with E-state index in [0.29, 0.717) is 22.3 Å². The number of nitrogen functional groups attached to an aromatic ring is 1. The number of nitrogens with zero attached hydrogens (tertiary/aromatic N) is 4. The molecule has 0 saturated carbocycles. The molecule has 3 rings (SSSR count). The molecule has 2 N–H and O–H groups in total. The Bertz CT molecular complexity index is 880. The first kappa shape index (κ1) is 16.0. The van der Waals surface area contributed by atoms with Gasteiger partial charge in [-0.3, -0.25) is 0 Å². The van der Waals surface area contributed by atoms with Gasteiger partial charge in [0.1, 0.15) is 12.1 Å². The van der Waals surface area contributed by atoms with E-state index in [1.165, 1.54) is 6.33 Å². The van der Waals surface area contributed by atoms with Crippen LogP contribution in [0.4, 0.5) is 5.82 Å². The maximum atomic E-state index is 6.10. The molecule has 0 amide bonds. The quantitative estimate of drug-likeness (QED) is 0.757. The van der Waals surface area contributed by atoms with E-state index in [-0.39, 0.29) is 5.54 Å². The summed E-state index contributed by atoms with van der Waals surface area (Å²) >= 11 is 12.1. The predicted octanol–water partition coefficient (Wildman–Crippen LogP) is 4.06. The van der Waals surface area contributed by atoms with E-state index in [1.807, 2.05) is 16.8 Å². The third kappa shape index (κ3) is 2.99. The second-order valence-electron chi connectivity index (χ2n) is 6.41. The van der Waals surface area contributed by atoms with Crippen LogP contribution >= 0.6 is 23.2 Å². The molecule has 0 aliphatic rings. The van der Waals surface area contributed by atoms with Crippen LogP contribution in [0, 0.1) is 0 Å². The van der Waals surface area contributed by atoms with Gasteiger partial charge in [-0.25, -0.2) is 14.6 Å². The summed E-state index contributed by atoms with van der Waals surface area (Å²) in [7, 11) is 0. The van der Waals surface area contributed by atoms with E-state index in [4.69, 9.17) is 34.0 Å². The van der Waals surface area contributed by atoms with Crippen LogP contribution < -0.4 is 5.73 Å². The van der Waals surface area contributed by atoms with Crippen molar-refractivity contribution in [3.05, 3.63) is 45.8 Å². The Labute approximate surface area is 144 Å². The minimum Gasteiger partial charge on any atom is -0.383 e. The number of halogens is 2. The van der Waals surface area contributed by atoms with Gasteiger partial charge in [0.2, 0.25) is 0 Å². The molecule has 2 aromatic heterocycles. The van der Waals surface area contributed by atoms with Gasteiger partial charge in [-0.05, 0) is 38.5 Å². The van der Waals surface area contributed by atoms with Gasteiger partial charge in [-0.15, -0.1) is 0 Å². The Hall–Kier alpha value is -1.85. The summed E-state index contributed by atoms with van der Waals surface area (Å²) in [6.45, 7) is 6.21. The molecule has 0 spiro atoms. The summed E-state index contributed by atoms with van der Waals surface area (Å²) in [6, 6.07) is 5.55. The Morgan fingerprint density at radius 3 is 2.52 bits per heavy atom. The van der Waals surface area contributed by atoms with Gasteiger partial charge < -0.3 is 5.73 Å². The molecule has 0 atom stereocenters. The van der Waals surface area contributed by atoms with E-state index in [1.54, 1.807) is 6.07 Å². The lowest BCUT2D eigenvalue weighted by molar-refractivity contribution is 0.363. The van der Waals surface area contributed by atoms with Crippen LogP contribution in [0.5, 0.6) is 0 Å². The average molecular weight is 350 g/mol. The second kappa shape index (κ2) is 5.65. The SMILES string of the molecule is CC(C)(C)n1nc(Cc2ccc(Cl)c(Cl)c2)c2c(N)ncnc21. The maximum Gasteiger partial charge on any atom is 0.164 e. The van der Waals surface area contributed by atoms with Crippen LogP contribution in [0.2, 0.25) is 10.0 Å². The molecule has 0 saturated heterocycles. The number of aromatic nitrogens is 4. The molecule has 0 fully saturated rings. The molecule has 5 nitrogen and oxygen atoms in total. The molecule has 1 aromatic carbocycles. The molecular weight excluding hydrogens is 333 g/mol. The Morgan fingerprint density at radius 2 is 1.87 bits per heavy atom. The summed E-state index contributed by atoms with van der Waals surface area (Å²) in [5, 5.41) is 6.56. The van der Waals surface area contributed by atoms with Crippen LogP contribution in [-0.4, -0.2) is 19.7 Å². The van der Waals surface area contributed by atoms with Crippen molar-refractivity contribution in [3.8, 4) is 0 Å². The largest absolute Gasteiger partial charge is 0.383 e. The maximum absolute atomic E-state index is 6.10. The normalized spacial score (nSPS) is 12.0. The van der Waals surface area contributed by atoms with Gasteiger partial charge in [-0.2, -0.15) is 5.10 Å². The highest BCUT2D eigenvalue weighted by Crippen LogP contribution is 2.29. The summed E-state index contributed by atoms with van der Waals surface area (Å²) in [5.41, 5.74) is 8.42. The van der Waals surface area contributed by atoms with Crippen LogP contribution in [0.3, 0.4) is 0 Å². The van der Waals surface area contributed by atoms with Crippen LogP contribution in [0.1, 0.15) is 32.0 Å². The molecule has 0 aliphatic carbocycles. The average Bonchev–Trinajstić information content (AvgIpc) is 2.83. The number of nitrogens with two attached hydrogens (primary N) is 1. The van der Waals surface area contributed by atoms with Crippen molar-refractivity contribution in [1.82, 2.24) is 19.7 Å². The topological polar surface area (TPSA) is 69.6 Å². The van der Waals surface area contributed by atoms with E-state index < -0.39 is 0 Å². The first-order valence-electron chi connectivity index (χ1n) is 7.20. The number of hydrogen-bond donors (Lipinski definition) is 1. The number of rotatable bonds is 2. The molecule has 0 radical (unpaired) electrons. The van der Waals surface area contributed by atoms with E-state index in [9.17, 15) is 0 Å². The highest BCUT2D eigenvalue weighted by atomic mass is 35.5. The minimum atomic E-state index is -0.213. The van der Waals surface area contributed by atoms with E-state index >= 15 is 0 Å². The highest BCUT2D eigenvalue weighted by molar-refractivity contribution is 6.42. The second-order valence-corrected chi connectivity index (χ2v) is 7.23. The molecule has 2 heterocycles. The third-order valence-electron chi connectivity index (χ3n) is 3.56. The molecule has 7 heteroatoms. The first-order chi connectivity index (χ1) is 10.8. The van der Waals surface area contributed by atoms with Gasteiger partial charge in [0, 0.05) is 6.42 Å². The Balaban J connectivity index is 2.15. The Morgan fingerprint density at radius 1 is 1.13 bits per heavy atom. The van der Waals surface area contributed by atoms with Crippen LogP contribution in [-0.2, 0) is 12.0 Å². The standard InChI is InChI=1S/C16H17Cl2N5/c1-16(2,3)23-15-13(14(19)20-8-21-15)12(22-23)7-9-4-5-10(17)11(18)6-9/h4-6,8H,7H2,1-3H3,(H2,19,20,21). The fraction of sp³-hybridized carbons (Fsp3) is 0.312. The van der Waals surface area contributed by atoms with Crippen LogP contribution in [0.15, 0.2) is 24.5 Å². The van der Waals surface area contributed by atoms with Crippen molar-refractivity contribution < 1.29 is 0 Å². The van der Waals surface area contributed by atoms with Gasteiger partial charge in [0.25, 0.3) is 0 Å². The Kier molecular flexibility index (Phi) is 3.94. The van der Waals surface area contributed by atoms with Crippen molar-refractivity contribution in [2.45, 2.75) is 32.7 Å².